The maximum absolute atomic E-state index is 2.62. The molecule has 1 nitrogen and oxygen atoms in total. The third kappa shape index (κ3) is 1.39. The van der Waals surface area contributed by atoms with E-state index in [2.05, 4.69) is 25.7 Å². The van der Waals surface area contributed by atoms with Crippen LogP contribution >= 0.6 is 0 Å². The van der Waals surface area contributed by atoms with Crippen LogP contribution in [0, 0.1) is 17.3 Å². The summed E-state index contributed by atoms with van der Waals surface area (Å²) in [5.74, 6) is 1.87. The summed E-state index contributed by atoms with van der Waals surface area (Å²) in [6.45, 7) is 11.1. The largest absolute Gasteiger partial charge is 0.302 e. The molecule has 0 aromatic heterocycles. The molecule has 0 radical (unpaired) electrons. The lowest BCUT2D eigenvalue weighted by molar-refractivity contribution is -0.0928. The number of nitrogens with zero attached hydrogens (tertiary/aromatic N) is 1. The van der Waals surface area contributed by atoms with E-state index in [1.165, 1.54) is 32.5 Å². The van der Waals surface area contributed by atoms with E-state index in [9.17, 15) is 0 Å². The van der Waals surface area contributed by atoms with E-state index in [-0.39, 0.29) is 0 Å². The first-order valence-electron chi connectivity index (χ1n) is 5.32. The molecule has 70 valence electrons. The Hall–Kier alpha value is -0.0400. The van der Waals surface area contributed by atoms with E-state index < -0.39 is 0 Å². The summed E-state index contributed by atoms with van der Waals surface area (Å²) < 4.78 is 0. The number of rotatable bonds is 2. The molecule has 0 aromatic rings. The van der Waals surface area contributed by atoms with Gasteiger partial charge in [-0.25, -0.2) is 0 Å². The Morgan fingerprint density at radius 2 is 1.92 bits per heavy atom. The highest BCUT2D eigenvalue weighted by atomic mass is 15.2. The Balaban J connectivity index is 1.70. The van der Waals surface area contributed by atoms with E-state index in [0.29, 0.717) is 0 Å². The molecule has 1 saturated carbocycles. The van der Waals surface area contributed by atoms with E-state index in [1.807, 2.05) is 0 Å². The topological polar surface area (TPSA) is 3.24 Å². The van der Waals surface area contributed by atoms with Crippen molar-refractivity contribution in [2.45, 2.75) is 33.6 Å². The first kappa shape index (κ1) is 8.55. The van der Waals surface area contributed by atoms with Gasteiger partial charge in [-0.15, -0.1) is 0 Å². The van der Waals surface area contributed by atoms with E-state index in [1.54, 1.807) is 0 Å². The average molecular weight is 167 g/mol. The van der Waals surface area contributed by atoms with Crippen molar-refractivity contribution >= 4 is 0 Å². The molecule has 0 N–H and O–H groups in total. The maximum Gasteiger partial charge on any atom is 0.00508 e. The summed E-state index contributed by atoms with van der Waals surface area (Å²) in [5.41, 5.74) is 0.800. The molecule has 0 atom stereocenters. The molecule has 2 fully saturated rings. The fraction of sp³-hybridized carbons (Fsp3) is 1.00. The Kier molecular flexibility index (Phi) is 1.95. The van der Waals surface area contributed by atoms with Crippen LogP contribution in [0.3, 0.4) is 0 Å². The molecule has 0 bridgehead atoms. The fourth-order valence-corrected chi connectivity index (χ4v) is 3.22. The average Bonchev–Trinajstić information content (AvgIpc) is 1.78. The van der Waals surface area contributed by atoms with Gasteiger partial charge in [0, 0.05) is 19.6 Å². The van der Waals surface area contributed by atoms with Gasteiger partial charge in [-0.05, 0) is 30.1 Å². The van der Waals surface area contributed by atoms with Gasteiger partial charge < -0.3 is 4.90 Å². The van der Waals surface area contributed by atoms with Crippen LogP contribution in [0.1, 0.15) is 33.6 Å². The van der Waals surface area contributed by atoms with Crippen LogP contribution in [0.4, 0.5) is 0 Å². The molecule has 1 aliphatic heterocycles. The zero-order valence-electron chi connectivity index (χ0n) is 8.64. The highest BCUT2D eigenvalue weighted by Crippen LogP contribution is 2.51. The van der Waals surface area contributed by atoms with Crippen molar-refractivity contribution in [3.63, 3.8) is 0 Å². The predicted octanol–water partition coefficient (Wildman–Crippen LogP) is 2.37. The molecule has 1 heteroatoms. The lowest BCUT2D eigenvalue weighted by Crippen LogP contribution is -2.62. The van der Waals surface area contributed by atoms with E-state index >= 15 is 0 Å². The van der Waals surface area contributed by atoms with Crippen molar-refractivity contribution < 1.29 is 0 Å². The van der Waals surface area contributed by atoms with Crippen LogP contribution in [0.15, 0.2) is 0 Å². The normalized spacial score (nSPS) is 29.0. The van der Waals surface area contributed by atoms with Gasteiger partial charge in [0.05, 0.1) is 0 Å². The van der Waals surface area contributed by atoms with Gasteiger partial charge in [0.1, 0.15) is 0 Å². The van der Waals surface area contributed by atoms with Gasteiger partial charge in [-0.3, -0.25) is 0 Å². The van der Waals surface area contributed by atoms with E-state index in [0.717, 1.165) is 17.3 Å². The molecular formula is C11H21N. The van der Waals surface area contributed by atoms with Crippen LogP contribution in [-0.2, 0) is 0 Å². The predicted molar refractivity (Wildman–Crippen MR) is 52.1 cm³/mol. The molecule has 2 rings (SSSR count). The standard InChI is InChI=1S/C11H21N/c1-9(2)6-12-7-11(8-12)4-10(3)5-11/h9-10H,4-8H2,1-3H3. The van der Waals surface area contributed by atoms with Crippen molar-refractivity contribution in [3.05, 3.63) is 0 Å². The van der Waals surface area contributed by atoms with Crippen molar-refractivity contribution in [2.75, 3.05) is 19.6 Å². The minimum atomic E-state index is 0.800. The Bertz CT molecular complexity index is 160. The summed E-state index contributed by atoms with van der Waals surface area (Å²) in [5, 5.41) is 0. The SMILES string of the molecule is CC(C)CN1CC2(CC(C)C2)C1. The molecule has 12 heavy (non-hydrogen) atoms. The molecule has 0 unspecified atom stereocenters. The number of hydrogen-bond acceptors (Lipinski definition) is 1. The van der Waals surface area contributed by atoms with Gasteiger partial charge in [-0.1, -0.05) is 20.8 Å². The van der Waals surface area contributed by atoms with Gasteiger partial charge in [-0.2, -0.15) is 0 Å². The van der Waals surface area contributed by atoms with Crippen LogP contribution in [0.2, 0.25) is 0 Å². The lowest BCUT2D eigenvalue weighted by atomic mass is 9.58. The quantitative estimate of drug-likeness (QED) is 0.610. The number of likely N-dealkylation sites (tertiary alicyclic amines) is 1. The molecule has 2 aliphatic rings. The zero-order chi connectivity index (χ0) is 8.77. The fourth-order valence-electron chi connectivity index (χ4n) is 3.22. The molecular weight excluding hydrogens is 146 g/mol. The van der Waals surface area contributed by atoms with Crippen LogP contribution in [-0.4, -0.2) is 24.5 Å². The molecule has 1 aliphatic carbocycles. The van der Waals surface area contributed by atoms with Gasteiger partial charge in [0.25, 0.3) is 0 Å². The first-order chi connectivity index (χ1) is 5.60. The molecule has 1 heterocycles. The van der Waals surface area contributed by atoms with Crippen molar-refractivity contribution in [1.82, 2.24) is 4.90 Å². The van der Waals surface area contributed by atoms with Crippen LogP contribution in [0.5, 0.6) is 0 Å². The van der Waals surface area contributed by atoms with Crippen molar-refractivity contribution in [1.29, 1.82) is 0 Å². The minimum Gasteiger partial charge on any atom is -0.302 e. The second kappa shape index (κ2) is 2.73. The van der Waals surface area contributed by atoms with Gasteiger partial charge >= 0.3 is 0 Å². The first-order valence-corrected chi connectivity index (χ1v) is 5.32. The highest BCUT2D eigenvalue weighted by molar-refractivity contribution is 5.02. The van der Waals surface area contributed by atoms with Gasteiger partial charge in [0.15, 0.2) is 0 Å². The zero-order valence-corrected chi connectivity index (χ0v) is 8.64. The second-order valence-electron chi connectivity index (χ2n) is 5.58. The third-order valence-corrected chi connectivity index (χ3v) is 3.30. The molecule has 0 amide bonds. The molecule has 1 spiro atoms. The Morgan fingerprint density at radius 1 is 1.33 bits per heavy atom. The molecule has 1 saturated heterocycles. The van der Waals surface area contributed by atoms with Crippen LogP contribution in [0.25, 0.3) is 0 Å². The summed E-state index contributed by atoms with van der Waals surface area (Å²) >= 11 is 0. The van der Waals surface area contributed by atoms with Gasteiger partial charge in [0.2, 0.25) is 0 Å². The summed E-state index contributed by atoms with van der Waals surface area (Å²) in [6, 6.07) is 0. The van der Waals surface area contributed by atoms with Crippen molar-refractivity contribution in [3.8, 4) is 0 Å². The lowest BCUT2D eigenvalue weighted by Gasteiger charge is -2.59. The minimum absolute atomic E-state index is 0.800. The molecule has 0 aromatic carbocycles. The summed E-state index contributed by atoms with van der Waals surface area (Å²) in [6.07, 6.45) is 3.00. The third-order valence-electron chi connectivity index (χ3n) is 3.30. The van der Waals surface area contributed by atoms with E-state index in [4.69, 9.17) is 0 Å². The summed E-state index contributed by atoms with van der Waals surface area (Å²) in [4.78, 5) is 2.62. The summed E-state index contributed by atoms with van der Waals surface area (Å²) in [7, 11) is 0. The maximum atomic E-state index is 2.62. The second-order valence-corrected chi connectivity index (χ2v) is 5.58. The number of hydrogen-bond donors (Lipinski definition) is 0. The smallest absolute Gasteiger partial charge is 0.00508 e. The highest BCUT2D eigenvalue weighted by Gasteiger charge is 2.50. The Labute approximate surface area is 76.1 Å². The van der Waals surface area contributed by atoms with Crippen LogP contribution < -0.4 is 0 Å². The van der Waals surface area contributed by atoms with Crippen molar-refractivity contribution in [2.24, 2.45) is 17.3 Å². The Morgan fingerprint density at radius 3 is 2.33 bits per heavy atom. The monoisotopic (exact) mass is 167 g/mol.